The molecule has 3 aromatic carbocycles. The van der Waals surface area contributed by atoms with Gasteiger partial charge in [0, 0.05) is 27.9 Å². The largest absolute Gasteiger partial charge is 0.493 e. The number of nitrogens with one attached hydrogen (secondary N) is 1. The molecule has 0 unspecified atom stereocenters. The lowest BCUT2D eigenvalue weighted by Crippen LogP contribution is -2.23. The first kappa shape index (κ1) is 21.8. The van der Waals surface area contributed by atoms with Crippen molar-refractivity contribution in [2.45, 2.75) is 0 Å². The lowest BCUT2D eigenvalue weighted by atomic mass is 9.84. The molecule has 166 valence electrons. The van der Waals surface area contributed by atoms with E-state index in [4.69, 9.17) is 14.2 Å². The SMILES string of the molecule is COc1cccc(C(=O)OCC(=O)Nc2ccc3c(c2)C(=O)c2ccccc2C3=O)c1OC. The zero-order valence-corrected chi connectivity index (χ0v) is 17.8. The van der Waals surface area contributed by atoms with Crippen LogP contribution in [0.25, 0.3) is 0 Å². The van der Waals surface area contributed by atoms with Gasteiger partial charge < -0.3 is 19.5 Å². The summed E-state index contributed by atoms with van der Waals surface area (Å²) in [5, 5.41) is 2.57. The van der Waals surface area contributed by atoms with Crippen molar-refractivity contribution < 1.29 is 33.4 Å². The lowest BCUT2D eigenvalue weighted by molar-refractivity contribution is -0.119. The highest BCUT2D eigenvalue weighted by molar-refractivity contribution is 6.28. The number of amides is 1. The monoisotopic (exact) mass is 445 g/mol. The number of carbonyl (C=O) groups excluding carboxylic acids is 4. The molecular weight excluding hydrogens is 426 g/mol. The molecule has 0 heterocycles. The summed E-state index contributed by atoms with van der Waals surface area (Å²) in [5.41, 5.74) is 1.56. The second-order valence-electron chi connectivity index (χ2n) is 7.13. The van der Waals surface area contributed by atoms with Gasteiger partial charge in [0.2, 0.25) is 0 Å². The first-order valence-corrected chi connectivity index (χ1v) is 9.95. The summed E-state index contributed by atoms with van der Waals surface area (Å²) >= 11 is 0. The van der Waals surface area contributed by atoms with Gasteiger partial charge in [0.05, 0.1) is 14.2 Å². The van der Waals surface area contributed by atoms with E-state index >= 15 is 0 Å². The fourth-order valence-corrected chi connectivity index (χ4v) is 3.63. The van der Waals surface area contributed by atoms with Crippen LogP contribution in [-0.2, 0) is 9.53 Å². The van der Waals surface area contributed by atoms with Crippen molar-refractivity contribution in [1.29, 1.82) is 0 Å². The highest BCUT2D eigenvalue weighted by Gasteiger charge is 2.29. The zero-order chi connectivity index (χ0) is 23.5. The highest BCUT2D eigenvalue weighted by Crippen LogP contribution is 2.31. The Labute approximate surface area is 189 Å². The molecule has 33 heavy (non-hydrogen) atoms. The van der Waals surface area contributed by atoms with E-state index in [1.165, 1.54) is 38.5 Å². The summed E-state index contributed by atoms with van der Waals surface area (Å²) in [4.78, 5) is 50.3. The number of fused-ring (bicyclic) bond motifs is 2. The maximum atomic E-state index is 12.8. The molecule has 0 aliphatic heterocycles. The van der Waals surface area contributed by atoms with Gasteiger partial charge in [-0.3, -0.25) is 14.4 Å². The van der Waals surface area contributed by atoms with E-state index in [9.17, 15) is 19.2 Å². The van der Waals surface area contributed by atoms with Crippen LogP contribution < -0.4 is 14.8 Å². The fraction of sp³-hybridized carbons (Fsp3) is 0.120. The average Bonchev–Trinajstić information content (AvgIpc) is 2.85. The van der Waals surface area contributed by atoms with Gasteiger partial charge in [0.1, 0.15) is 5.56 Å². The molecule has 0 saturated carbocycles. The summed E-state index contributed by atoms with van der Waals surface area (Å²) < 4.78 is 15.4. The van der Waals surface area contributed by atoms with Gasteiger partial charge >= 0.3 is 5.97 Å². The number of benzene rings is 3. The van der Waals surface area contributed by atoms with Gasteiger partial charge in [-0.05, 0) is 30.3 Å². The second kappa shape index (κ2) is 8.96. The number of hydrogen-bond donors (Lipinski definition) is 1. The summed E-state index contributed by atoms with van der Waals surface area (Å²) in [6.45, 7) is -0.563. The highest BCUT2D eigenvalue weighted by atomic mass is 16.5. The Morgan fingerprint density at radius 1 is 0.788 bits per heavy atom. The Kier molecular flexibility index (Phi) is 5.91. The Morgan fingerprint density at radius 3 is 2.12 bits per heavy atom. The molecule has 0 fully saturated rings. The van der Waals surface area contributed by atoms with Crippen LogP contribution in [0.15, 0.2) is 60.7 Å². The van der Waals surface area contributed by atoms with Crippen LogP contribution in [0.2, 0.25) is 0 Å². The molecule has 0 bridgehead atoms. The third-order valence-electron chi connectivity index (χ3n) is 5.17. The molecule has 4 rings (SSSR count). The Bertz CT molecular complexity index is 1300. The second-order valence-corrected chi connectivity index (χ2v) is 7.13. The van der Waals surface area contributed by atoms with Gasteiger partial charge in [-0.25, -0.2) is 4.79 Å². The predicted octanol–water partition coefficient (Wildman–Crippen LogP) is 3.27. The molecule has 0 saturated heterocycles. The molecule has 0 aromatic heterocycles. The fourth-order valence-electron chi connectivity index (χ4n) is 3.63. The molecule has 1 aliphatic carbocycles. The molecule has 1 amide bonds. The molecule has 1 N–H and O–H groups in total. The van der Waals surface area contributed by atoms with Crippen molar-refractivity contribution in [3.8, 4) is 11.5 Å². The van der Waals surface area contributed by atoms with Crippen LogP contribution in [0.3, 0.4) is 0 Å². The molecule has 8 nitrogen and oxygen atoms in total. The van der Waals surface area contributed by atoms with Crippen molar-refractivity contribution in [3.63, 3.8) is 0 Å². The molecule has 3 aromatic rings. The predicted molar refractivity (Wildman–Crippen MR) is 118 cm³/mol. The maximum absolute atomic E-state index is 12.8. The first-order valence-electron chi connectivity index (χ1n) is 9.95. The third-order valence-corrected chi connectivity index (χ3v) is 5.17. The van der Waals surface area contributed by atoms with Crippen LogP contribution in [-0.4, -0.2) is 44.3 Å². The van der Waals surface area contributed by atoms with Crippen molar-refractivity contribution >= 4 is 29.1 Å². The molecule has 8 heteroatoms. The number of ketones is 2. The maximum Gasteiger partial charge on any atom is 0.342 e. The first-order chi connectivity index (χ1) is 15.9. The van der Waals surface area contributed by atoms with Crippen LogP contribution >= 0.6 is 0 Å². The normalized spacial score (nSPS) is 11.8. The van der Waals surface area contributed by atoms with Crippen molar-refractivity contribution in [2.24, 2.45) is 0 Å². The molecule has 0 radical (unpaired) electrons. The van der Waals surface area contributed by atoms with Crippen molar-refractivity contribution in [2.75, 3.05) is 26.1 Å². The molecular formula is C25H19NO7. The van der Waals surface area contributed by atoms with Gasteiger partial charge in [-0.2, -0.15) is 0 Å². The van der Waals surface area contributed by atoms with E-state index in [-0.39, 0.29) is 34.0 Å². The van der Waals surface area contributed by atoms with Gasteiger partial charge in [-0.1, -0.05) is 30.3 Å². The van der Waals surface area contributed by atoms with Crippen LogP contribution in [0, 0.1) is 0 Å². The number of carbonyl (C=O) groups is 4. The molecule has 1 aliphatic rings. The minimum atomic E-state index is -0.760. The van der Waals surface area contributed by atoms with Gasteiger partial charge in [0.25, 0.3) is 5.91 Å². The summed E-state index contributed by atoms with van der Waals surface area (Å²) in [6.07, 6.45) is 0. The minimum absolute atomic E-state index is 0.112. The lowest BCUT2D eigenvalue weighted by Gasteiger charge is -2.18. The smallest absolute Gasteiger partial charge is 0.342 e. The molecule has 0 atom stereocenters. The average molecular weight is 445 g/mol. The third kappa shape index (κ3) is 4.06. The topological polar surface area (TPSA) is 108 Å². The quantitative estimate of drug-likeness (QED) is 0.454. The van der Waals surface area contributed by atoms with E-state index in [1.54, 1.807) is 36.4 Å². The zero-order valence-electron chi connectivity index (χ0n) is 17.8. The van der Waals surface area contributed by atoms with Gasteiger partial charge in [0.15, 0.2) is 29.7 Å². The number of hydrogen-bond acceptors (Lipinski definition) is 7. The van der Waals surface area contributed by atoms with Gasteiger partial charge in [-0.15, -0.1) is 0 Å². The Balaban J connectivity index is 1.46. The minimum Gasteiger partial charge on any atom is -0.493 e. The Hall–Kier alpha value is -4.46. The van der Waals surface area contributed by atoms with Crippen LogP contribution in [0.1, 0.15) is 42.2 Å². The number of para-hydroxylation sites is 1. The summed E-state index contributed by atoms with van der Waals surface area (Å²) in [7, 11) is 2.83. The number of esters is 1. The van der Waals surface area contributed by atoms with Crippen molar-refractivity contribution in [1.82, 2.24) is 0 Å². The van der Waals surface area contributed by atoms with E-state index < -0.39 is 18.5 Å². The number of methoxy groups -OCH3 is 2. The van der Waals surface area contributed by atoms with Crippen LogP contribution in [0.5, 0.6) is 11.5 Å². The summed E-state index contributed by atoms with van der Waals surface area (Å²) in [6, 6.07) is 15.8. The van der Waals surface area contributed by atoms with E-state index in [0.29, 0.717) is 22.6 Å². The number of rotatable bonds is 6. The van der Waals surface area contributed by atoms with Crippen molar-refractivity contribution in [3.05, 3.63) is 88.5 Å². The van der Waals surface area contributed by atoms with Crippen LogP contribution in [0.4, 0.5) is 5.69 Å². The number of ether oxygens (including phenoxy) is 3. The standard InChI is InChI=1S/C25H19NO7/c1-31-20-9-5-8-18(24(20)32-2)25(30)33-13-21(27)26-14-10-11-17-19(12-14)23(29)16-7-4-3-6-15(16)22(17)28/h3-12H,13H2,1-2H3,(H,26,27). The van der Waals surface area contributed by atoms with E-state index in [2.05, 4.69) is 5.32 Å². The van der Waals surface area contributed by atoms with E-state index in [1.807, 2.05) is 0 Å². The van der Waals surface area contributed by atoms with E-state index in [0.717, 1.165) is 0 Å². The number of anilines is 1. The summed E-state index contributed by atoms with van der Waals surface area (Å²) in [5.74, 6) is -1.37. The molecule has 0 spiro atoms. The Morgan fingerprint density at radius 2 is 1.45 bits per heavy atom.